The first kappa shape index (κ1) is 26.8. The van der Waals surface area contributed by atoms with Crippen LogP contribution in [0.1, 0.15) is 39.3 Å². The first-order valence-corrected chi connectivity index (χ1v) is 10.5. The molecule has 11 nitrogen and oxygen atoms in total. The minimum Gasteiger partial charge on any atom is -0.480 e. The Bertz CT molecular complexity index is 1380. The highest BCUT2D eigenvalue weighted by atomic mass is 19.4. The lowest BCUT2D eigenvalue weighted by Crippen LogP contribution is -2.41. The van der Waals surface area contributed by atoms with E-state index in [2.05, 4.69) is 20.0 Å². The lowest BCUT2D eigenvalue weighted by atomic mass is 10.0. The number of amides is 1. The van der Waals surface area contributed by atoms with Gasteiger partial charge < -0.3 is 25.6 Å². The van der Waals surface area contributed by atoms with Crippen LogP contribution in [0.5, 0.6) is 0 Å². The number of nitrogens with one attached hydrogen (secondary N) is 2. The first-order chi connectivity index (χ1) is 17.4. The topological polar surface area (TPSA) is 168 Å². The Hall–Kier alpha value is -4.75. The largest absolute Gasteiger partial charge is 0.480 e. The standard InChI is InChI=1S/C23H19F3N4O7/c1-37-17(31)9-8-16(21(33)34)30-20(32)12-7-6-11(10-13(12)23(24,25)26)27-19-18(22(35)36)28-14-4-2-3-5-15(14)29-19/h2-7,10,16H,8-9H2,1H3,(H,27,29)(H,30,32)(H,33,34)(H,35,36). The van der Waals surface area contributed by atoms with Crippen LogP contribution in [-0.2, 0) is 20.5 Å². The van der Waals surface area contributed by atoms with Gasteiger partial charge in [-0.15, -0.1) is 0 Å². The number of carboxylic acids is 2. The zero-order valence-corrected chi connectivity index (χ0v) is 19.0. The summed E-state index contributed by atoms with van der Waals surface area (Å²) < 4.78 is 45.9. The predicted molar refractivity (Wildman–Crippen MR) is 121 cm³/mol. The summed E-state index contributed by atoms with van der Waals surface area (Å²) >= 11 is 0. The van der Waals surface area contributed by atoms with Crippen LogP contribution in [0.4, 0.5) is 24.7 Å². The van der Waals surface area contributed by atoms with E-state index in [1.165, 1.54) is 12.1 Å². The average molecular weight is 520 g/mol. The number of carbonyl (C=O) groups excluding carboxylic acids is 2. The second-order valence-electron chi connectivity index (χ2n) is 7.58. The van der Waals surface area contributed by atoms with Crippen molar-refractivity contribution in [3.63, 3.8) is 0 Å². The van der Waals surface area contributed by atoms with Gasteiger partial charge in [0.1, 0.15) is 6.04 Å². The molecule has 2 aromatic carbocycles. The summed E-state index contributed by atoms with van der Waals surface area (Å²) in [5, 5.41) is 23.2. The maximum absolute atomic E-state index is 13.8. The molecular weight excluding hydrogens is 501 g/mol. The van der Waals surface area contributed by atoms with E-state index in [-0.39, 0.29) is 29.0 Å². The minimum absolute atomic E-state index is 0.253. The molecule has 3 aromatic rings. The van der Waals surface area contributed by atoms with Crippen molar-refractivity contribution in [3.8, 4) is 0 Å². The van der Waals surface area contributed by atoms with Crippen LogP contribution in [0, 0.1) is 0 Å². The van der Waals surface area contributed by atoms with Crippen LogP contribution >= 0.6 is 0 Å². The molecule has 0 radical (unpaired) electrons. The number of rotatable bonds is 9. The highest BCUT2D eigenvalue weighted by molar-refractivity contribution is 5.99. The summed E-state index contributed by atoms with van der Waals surface area (Å²) in [5.41, 5.74) is -2.55. The molecule has 1 heterocycles. The summed E-state index contributed by atoms with van der Waals surface area (Å²) in [4.78, 5) is 55.0. The number of para-hydroxylation sites is 2. The number of hydrogen-bond acceptors (Lipinski definition) is 8. The Kier molecular flexibility index (Phi) is 7.90. The fourth-order valence-electron chi connectivity index (χ4n) is 3.29. The molecule has 1 unspecified atom stereocenters. The predicted octanol–water partition coefficient (Wildman–Crippen LogP) is 3.23. The lowest BCUT2D eigenvalue weighted by Gasteiger charge is -2.18. The Morgan fingerprint density at radius 1 is 1.03 bits per heavy atom. The van der Waals surface area contributed by atoms with Crippen molar-refractivity contribution in [2.24, 2.45) is 0 Å². The van der Waals surface area contributed by atoms with Crippen molar-refractivity contribution in [2.45, 2.75) is 25.1 Å². The molecule has 1 atom stereocenters. The van der Waals surface area contributed by atoms with E-state index >= 15 is 0 Å². The fourth-order valence-corrected chi connectivity index (χ4v) is 3.29. The van der Waals surface area contributed by atoms with Gasteiger partial charge in [0.2, 0.25) is 0 Å². The van der Waals surface area contributed by atoms with E-state index in [4.69, 9.17) is 0 Å². The molecule has 3 rings (SSSR count). The van der Waals surface area contributed by atoms with E-state index in [1.807, 2.05) is 5.32 Å². The van der Waals surface area contributed by atoms with Crippen LogP contribution in [0.25, 0.3) is 11.0 Å². The number of hydrogen-bond donors (Lipinski definition) is 4. The number of halogens is 3. The number of ether oxygens (including phenoxy) is 1. The van der Waals surface area contributed by atoms with Crippen LogP contribution in [0.3, 0.4) is 0 Å². The Morgan fingerprint density at radius 2 is 1.68 bits per heavy atom. The number of aliphatic carboxylic acids is 1. The number of esters is 1. The molecule has 194 valence electrons. The van der Waals surface area contributed by atoms with Crippen molar-refractivity contribution < 1.29 is 47.3 Å². The maximum atomic E-state index is 13.8. The lowest BCUT2D eigenvalue weighted by molar-refractivity contribution is -0.142. The number of anilines is 2. The Balaban J connectivity index is 1.94. The number of methoxy groups -OCH3 is 1. The highest BCUT2D eigenvalue weighted by Gasteiger charge is 2.36. The zero-order valence-electron chi connectivity index (χ0n) is 19.0. The van der Waals surface area contributed by atoms with E-state index < -0.39 is 59.3 Å². The third-order valence-electron chi connectivity index (χ3n) is 5.07. The SMILES string of the molecule is COC(=O)CCC(NC(=O)c1ccc(Nc2nc3ccccc3nc2C(=O)O)cc1C(F)(F)F)C(=O)O. The molecule has 0 spiro atoms. The van der Waals surface area contributed by atoms with Gasteiger partial charge in [-0.3, -0.25) is 9.59 Å². The third-order valence-corrected chi connectivity index (χ3v) is 5.07. The van der Waals surface area contributed by atoms with Crippen molar-refractivity contribution >= 4 is 46.4 Å². The van der Waals surface area contributed by atoms with E-state index in [0.29, 0.717) is 6.07 Å². The molecular formula is C23H19F3N4O7. The second kappa shape index (κ2) is 10.9. The van der Waals surface area contributed by atoms with Crippen LogP contribution in [-0.4, -0.2) is 57.1 Å². The molecule has 4 N–H and O–H groups in total. The number of alkyl halides is 3. The molecule has 1 aromatic heterocycles. The summed E-state index contributed by atoms with van der Waals surface area (Å²) in [5.74, 6) is -5.46. The number of carbonyl (C=O) groups is 4. The molecule has 0 saturated heterocycles. The van der Waals surface area contributed by atoms with Gasteiger partial charge in [0, 0.05) is 12.1 Å². The normalized spacial score (nSPS) is 12.0. The smallest absolute Gasteiger partial charge is 0.417 e. The monoisotopic (exact) mass is 520 g/mol. The van der Waals surface area contributed by atoms with Crippen LogP contribution in [0.15, 0.2) is 42.5 Å². The summed E-state index contributed by atoms with van der Waals surface area (Å²) in [6, 6.07) is 7.05. The molecule has 0 aliphatic carbocycles. The molecule has 0 aliphatic rings. The van der Waals surface area contributed by atoms with E-state index in [1.54, 1.807) is 12.1 Å². The van der Waals surface area contributed by atoms with Crippen molar-refractivity contribution in [1.82, 2.24) is 15.3 Å². The molecule has 37 heavy (non-hydrogen) atoms. The molecule has 0 bridgehead atoms. The fraction of sp³-hybridized carbons (Fsp3) is 0.217. The molecule has 0 saturated carbocycles. The van der Waals surface area contributed by atoms with Crippen LogP contribution < -0.4 is 10.6 Å². The first-order valence-electron chi connectivity index (χ1n) is 10.5. The van der Waals surface area contributed by atoms with Gasteiger partial charge in [0.05, 0.1) is 29.3 Å². The van der Waals surface area contributed by atoms with Crippen molar-refractivity contribution in [3.05, 3.63) is 59.3 Å². The number of aromatic carboxylic acids is 1. The van der Waals surface area contributed by atoms with Gasteiger partial charge in [-0.25, -0.2) is 19.6 Å². The molecule has 14 heteroatoms. The zero-order chi connectivity index (χ0) is 27.3. The van der Waals surface area contributed by atoms with E-state index in [9.17, 15) is 42.6 Å². The number of fused-ring (bicyclic) bond motifs is 1. The number of carboxylic acid groups (broad SMARTS) is 2. The molecule has 1 amide bonds. The minimum atomic E-state index is -5.04. The third kappa shape index (κ3) is 6.48. The van der Waals surface area contributed by atoms with Crippen molar-refractivity contribution in [2.75, 3.05) is 12.4 Å². The summed E-state index contributed by atoms with van der Waals surface area (Å²) in [6.45, 7) is 0. The van der Waals surface area contributed by atoms with Gasteiger partial charge in [-0.05, 0) is 36.8 Å². The number of benzene rings is 2. The summed E-state index contributed by atoms with van der Waals surface area (Å²) in [7, 11) is 1.07. The molecule has 0 aliphatic heterocycles. The van der Waals surface area contributed by atoms with Crippen molar-refractivity contribution in [1.29, 1.82) is 0 Å². The molecule has 0 fully saturated rings. The Morgan fingerprint density at radius 3 is 2.24 bits per heavy atom. The van der Waals surface area contributed by atoms with Gasteiger partial charge in [-0.2, -0.15) is 13.2 Å². The number of aromatic nitrogens is 2. The second-order valence-corrected chi connectivity index (χ2v) is 7.58. The quantitative estimate of drug-likeness (QED) is 0.308. The van der Waals surface area contributed by atoms with E-state index in [0.717, 1.165) is 19.2 Å². The number of nitrogens with zero attached hydrogens (tertiary/aromatic N) is 2. The Labute approximate surface area is 206 Å². The van der Waals surface area contributed by atoms with Gasteiger partial charge in [0.15, 0.2) is 11.5 Å². The average Bonchev–Trinajstić information content (AvgIpc) is 2.84. The van der Waals surface area contributed by atoms with Gasteiger partial charge in [0.25, 0.3) is 5.91 Å². The maximum Gasteiger partial charge on any atom is 0.417 e. The van der Waals surface area contributed by atoms with Gasteiger partial charge >= 0.3 is 24.1 Å². The summed E-state index contributed by atoms with van der Waals surface area (Å²) in [6.07, 6.45) is -5.84. The highest BCUT2D eigenvalue weighted by Crippen LogP contribution is 2.35. The van der Waals surface area contributed by atoms with Crippen LogP contribution in [0.2, 0.25) is 0 Å². The van der Waals surface area contributed by atoms with Gasteiger partial charge in [-0.1, -0.05) is 12.1 Å².